The molecule has 2 rings (SSSR count). The summed E-state index contributed by atoms with van der Waals surface area (Å²) in [6.07, 6.45) is 0. The highest BCUT2D eigenvalue weighted by atomic mass is 16.5. The zero-order valence-electron chi connectivity index (χ0n) is 13.7. The number of rotatable bonds is 7. The van der Waals surface area contributed by atoms with E-state index in [2.05, 4.69) is 15.4 Å². The Morgan fingerprint density at radius 2 is 1.62 bits per heavy atom. The van der Waals surface area contributed by atoms with Gasteiger partial charge in [-0.3, -0.25) is 4.79 Å². The number of carbonyl (C=O) groups is 2. The Bertz CT molecular complexity index is 681. The van der Waals surface area contributed by atoms with E-state index < -0.39 is 5.97 Å². The molecule has 1 amide bonds. The maximum atomic E-state index is 11.9. The van der Waals surface area contributed by atoms with E-state index in [0.717, 1.165) is 11.3 Å². The van der Waals surface area contributed by atoms with Crippen molar-refractivity contribution >= 4 is 17.6 Å². The van der Waals surface area contributed by atoms with Crippen LogP contribution in [0.4, 0.5) is 5.69 Å². The number of hydrogen-bond donors (Lipinski definition) is 2. The van der Waals surface area contributed by atoms with Crippen molar-refractivity contribution in [2.24, 2.45) is 0 Å². The Morgan fingerprint density at radius 3 is 2.21 bits per heavy atom. The third-order valence-electron chi connectivity index (χ3n) is 3.36. The molecule has 0 fully saturated rings. The van der Waals surface area contributed by atoms with Gasteiger partial charge in [0.2, 0.25) is 5.91 Å². The van der Waals surface area contributed by atoms with Gasteiger partial charge in [0.15, 0.2) is 0 Å². The van der Waals surface area contributed by atoms with Gasteiger partial charge in [-0.2, -0.15) is 0 Å². The van der Waals surface area contributed by atoms with Crippen molar-refractivity contribution in [1.29, 1.82) is 0 Å². The largest absolute Gasteiger partial charge is 0.497 e. The number of ether oxygens (including phenoxy) is 2. The van der Waals surface area contributed by atoms with Crippen molar-refractivity contribution in [3.05, 3.63) is 59.7 Å². The Balaban J connectivity index is 1.77. The van der Waals surface area contributed by atoms with Crippen LogP contribution in [-0.2, 0) is 16.1 Å². The summed E-state index contributed by atoms with van der Waals surface area (Å²) in [5, 5.41) is 5.83. The third kappa shape index (κ3) is 5.10. The van der Waals surface area contributed by atoms with Crippen molar-refractivity contribution in [1.82, 2.24) is 5.32 Å². The lowest BCUT2D eigenvalue weighted by molar-refractivity contribution is -0.115. The molecule has 0 atom stereocenters. The van der Waals surface area contributed by atoms with Crippen molar-refractivity contribution in [2.75, 3.05) is 26.1 Å². The van der Waals surface area contributed by atoms with Crippen LogP contribution >= 0.6 is 0 Å². The van der Waals surface area contributed by atoms with E-state index in [1.165, 1.54) is 7.11 Å². The molecule has 0 saturated carbocycles. The van der Waals surface area contributed by atoms with E-state index in [-0.39, 0.29) is 12.5 Å². The van der Waals surface area contributed by atoms with Crippen LogP contribution in [0.5, 0.6) is 5.75 Å². The van der Waals surface area contributed by atoms with E-state index in [4.69, 9.17) is 4.74 Å². The molecule has 6 nitrogen and oxygen atoms in total. The fourth-order valence-electron chi connectivity index (χ4n) is 2.08. The monoisotopic (exact) mass is 328 g/mol. The first-order valence-electron chi connectivity index (χ1n) is 7.44. The number of hydrogen-bond acceptors (Lipinski definition) is 5. The number of methoxy groups -OCH3 is 2. The van der Waals surface area contributed by atoms with Gasteiger partial charge in [-0.05, 0) is 42.0 Å². The zero-order valence-corrected chi connectivity index (χ0v) is 13.7. The standard InChI is InChI=1S/C18H20N2O4/c1-23-16-9-3-13(4-10-16)11-19-12-17(21)20-15-7-5-14(6-8-15)18(22)24-2/h3-10,19H,11-12H2,1-2H3,(H,20,21). The molecule has 24 heavy (non-hydrogen) atoms. The fraction of sp³-hybridized carbons (Fsp3) is 0.222. The van der Waals surface area contributed by atoms with Gasteiger partial charge in [-0.15, -0.1) is 0 Å². The highest BCUT2D eigenvalue weighted by molar-refractivity contribution is 5.93. The van der Waals surface area contributed by atoms with Crippen LogP contribution in [0.15, 0.2) is 48.5 Å². The summed E-state index contributed by atoms with van der Waals surface area (Å²) >= 11 is 0. The van der Waals surface area contributed by atoms with Gasteiger partial charge in [-0.1, -0.05) is 12.1 Å². The molecule has 126 valence electrons. The fourth-order valence-corrected chi connectivity index (χ4v) is 2.08. The molecule has 0 bridgehead atoms. The van der Waals surface area contributed by atoms with E-state index in [1.54, 1.807) is 31.4 Å². The van der Waals surface area contributed by atoms with Crippen molar-refractivity contribution in [3.8, 4) is 5.75 Å². The number of anilines is 1. The molecule has 0 aromatic heterocycles. The molecule has 0 spiro atoms. The van der Waals surface area contributed by atoms with Crippen LogP contribution in [0, 0.1) is 0 Å². The van der Waals surface area contributed by atoms with Crippen molar-refractivity contribution in [2.45, 2.75) is 6.54 Å². The molecule has 6 heteroatoms. The number of esters is 1. The number of nitrogens with one attached hydrogen (secondary N) is 2. The van der Waals surface area contributed by atoms with Gasteiger partial charge in [0.25, 0.3) is 0 Å². The quantitative estimate of drug-likeness (QED) is 0.762. The Labute approximate surface area is 140 Å². The number of amides is 1. The summed E-state index contributed by atoms with van der Waals surface area (Å²) in [7, 11) is 2.95. The number of carbonyl (C=O) groups excluding carboxylic acids is 2. The molecule has 2 aromatic rings. The minimum atomic E-state index is -0.408. The van der Waals surface area contributed by atoms with E-state index in [0.29, 0.717) is 17.8 Å². The number of benzene rings is 2. The van der Waals surface area contributed by atoms with E-state index >= 15 is 0 Å². The Morgan fingerprint density at radius 1 is 0.958 bits per heavy atom. The summed E-state index contributed by atoms with van der Waals surface area (Å²) in [5.74, 6) is 0.232. The molecular weight excluding hydrogens is 308 g/mol. The van der Waals surface area contributed by atoms with E-state index in [1.807, 2.05) is 24.3 Å². The van der Waals surface area contributed by atoms with Gasteiger partial charge in [0, 0.05) is 12.2 Å². The predicted molar refractivity (Wildman–Crippen MR) is 91.1 cm³/mol. The highest BCUT2D eigenvalue weighted by Crippen LogP contribution is 2.11. The van der Waals surface area contributed by atoms with E-state index in [9.17, 15) is 9.59 Å². The molecule has 0 aliphatic heterocycles. The normalized spacial score (nSPS) is 10.1. The first-order valence-corrected chi connectivity index (χ1v) is 7.44. The average molecular weight is 328 g/mol. The lowest BCUT2D eigenvalue weighted by Crippen LogP contribution is -2.27. The van der Waals surface area contributed by atoms with Crippen LogP contribution in [0.1, 0.15) is 15.9 Å². The Hall–Kier alpha value is -2.86. The maximum absolute atomic E-state index is 11.9. The maximum Gasteiger partial charge on any atom is 0.337 e. The summed E-state index contributed by atoms with van der Waals surface area (Å²) in [4.78, 5) is 23.2. The van der Waals surface area contributed by atoms with Crippen molar-refractivity contribution in [3.63, 3.8) is 0 Å². The molecular formula is C18H20N2O4. The van der Waals surface area contributed by atoms with Crippen LogP contribution in [0.3, 0.4) is 0 Å². The molecule has 0 heterocycles. The zero-order chi connectivity index (χ0) is 17.4. The summed E-state index contributed by atoms with van der Waals surface area (Å²) in [6, 6.07) is 14.2. The average Bonchev–Trinajstić information content (AvgIpc) is 2.62. The second kappa shape index (κ2) is 8.69. The SMILES string of the molecule is COC(=O)c1ccc(NC(=O)CNCc2ccc(OC)cc2)cc1. The van der Waals surface area contributed by atoms with Crippen LogP contribution in [0.2, 0.25) is 0 Å². The van der Waals surface area contributed by atoms with Crippen LogP contribution < -0.4 is 15.4 Å². The molecule has 0 aliphatic carbocycles. The summed E-state index contributed by atoms with van der Waals surface area (Å²) in [6.45, 7) is 0.767. The molecule has 0 radical (unpaired) electrons. The second-order valence-corrected chi connectivity index (χ2v) is 5.07. The third-order valence-corrected chi connectivity index (χ3v) is 3.36. The van der Waals surface area contributed by atoms with Crippen LogP contribution in [0.25, 0.3) is 0 Å². The first-order chi connectivity index (χ1) is 11.6. The minimum Gasteiger partial charge on any atom is -0.497 e. The lowest BCUT2D eigenvalue weighted by Gasteiger charge is -2.08. The van der Waals surface area contributed by atoms with Gasteiger partial charge < -0.3 is 20.1 Å². The minimum absolute atomic E-state index is 0.158. The molecule has 2 aromatic carbocycles. The molecule has 0 unspecified atom stereocenters. The lowest BCUT2D eigenvalue weighted by atomic mass is 10.2. The van der Waals surface area contributed by atoms with Gasteiger partial charge >= 0.3 is 5.97 Å². The first kappa shape index (κ1) is 17.5. The molecule has 0 saturated heterocycles. The predicted octanol–water partition coefficient (Wildman–Crippen LogP) is 2.21. The highest BCUT2D eigenvalue weighted by Gasteiger charge is 2.06. The summed E-state index contributed by atoms with van der Waals surface area (Å²) < 4.78 is 9.72. The van der Waals surface area contributed by atoms with Gasteiger partial charge in [0.1, 0.15) is 5.75 Å². The Kier molecular flexibility index (Phi) is 6.33. The molecule has 0 aliphatic rings. The topological polar surface area (TPSA) is 76.7 Å². The van der Waals surface area contributed by atoms with Gasteiger partial charge in [0.05, 0.1) is 26.3 Å². The van der Waals surface area contributed by atoms with Crippen molar-refractivity contribution < 1.29 is 19.1 Å². The summed E-state index contributed by atoms with van der Waals surface area (Å²) in [5.41, 5.74) is 2.12. The second-order valence-electron chi connectivity index (χ2n) is 5.07. The smallest absolute Gasteiger partial charge is 0.337 e. The molecule has 2 N–H and O–H groups in total. The van der Waals surface area contributed by atoms with Crippen LogP contribution in [-0.4, -0.2) is 32.6 Å². The van der Waals surface area contributed by atoms with Gasteiger partial charge in [-0.25, -0.2) is 4.79 Å².